The molecular formula is C15H13NO5S. The number of rotatable bonds is 3. The summed E-state index contributed by atoms with van der Waals surface area (Å²) >= 11 is 0. The summed E-state index contributed by atoms with van der Waals surface area (Å²) in [4.78, 5) is 23.0. The molecule has 0 radical (unpaired) electrons. The summed E-state index contributed by atoms with van der Waals surface area (Å²) in [5.74, 6) is -1.99. The van der Waals surface area contributed by atoms with E-state index < -0.39 is 27.9 Å². The third-order valence-corrected chi connectivity index (χ3v) is 5.55. The largest absolute Gasteiger partial charge is 0.480 e. The van der Waals surface area contributed by atoms with Gasteiger partial charge in [0.15, 0.2) is 0 Å². The van der Waals surface area contributed by atoms with Gasteiger partial charge in [-0.05, 0) is 29.3 Å². The van der Waals surface area contributed by atoms with E-state index in [1.807, 2.05) is 12.1 Å². The van der Waals surface area contributed by atoms with E-state index >= 15 is 0 Å². The SMILES string of the molecule is O=C(O)C1CCC(=O)N1S(=O)(=O)c1ccc2ccccc2c1. The fourth-order valence-corrected chi connectivity index (χ4v) is 4.26. The Hall–Kier alpha value is -2.41. The monoisotopic (exact) mass is 319 g/mol. The van der Waals surface area contributed by atoms with Crippen LogP contribution < -0.4 is 0 Å². The van der Waals surface area contributed by atoms with Gasteiger partial charge in [-0.1, -0.05) is 30.3 Å². The lowest BCUT2D eigenvalue weighted by Crippen LogP contribution is -2.42. The number of carbonyl (C=O) groups is 2. The lowest BCUT2D eigenvalue weighted by atomic mass is 10.1. The van der Waals surface area contributed by atoms with Crippen LogP contribution in [0.1, 0.15) is 12.8 Å². The van der Waals surface area contributed by atoms with Gasteiger partial charge in [0.25, 0.3) is 10.0 Å². The maximum absolute atomic E-state index is 12.6. The fourth-order valence-electron chi connectivity index (χ4n) is 2.63. The van der Waals surface area contributed by atoms with E-state index in [9.17, 15) is 18.0 Å². The minimum Gasteiger partial charge on any atom is -0.480 e. The molecule has 0 bridgehead atoms. The molecule has 3 rings (SSSR count). The zero-order valence-corrected chi connectivity index (χ0v) is 12.3. The standard InChI is InChI=1S/C15H13NO5S/c17-14-8-7-13(15(18)19)16(14)22(20,21)12-6-5-10-3-1-2-4-11(10)9-12/h1-6,9,13H,7-8H2,(H,18,19). The number of hydrogen-bond donors (Lipinski definition) is 1. The molecule has 114 valence electrons. The van der Waals surface area contributed by atoms with E-state index in [4.69, 9.17) is 5.11 Å². The normalized spacial score (nSPS) is 18.8. The summed E-state index contributed by atoms with van der Waals surface area (Å²) < 4.78 is 25.8. The number of aliphatic carboxylic acids is 1. The second kappa shape index (κ2) is 5.10. The lowest BCUT2D eigenvalue weighted by Gasteiger charge is -2.21. The van der Waals surface area contributed by atoms with Crippen LogP contribution in [0.4, 0.5) is 0 Å². The molecule has 22 heavy (non-hydrogen) atoms. The number of benzene rings is 2. The van der Waals surface area contributed by atoms with Crippen LogP contribution >= 0.6 is 0 Å². The Morgan fingerprint density at radius 2 is 1.82 bits per heavy atom. The highest BCUT2D eigenvalue weighted by atomic mass is 32.2. The van der Waals surface area contributed by atoms with Crippen molar-refractivity contribution in [2.24, 2.45) is 0 Å². The number of amides is 1. The number of carbonyl (C=O) groups excluding carboxylic acids is 1. The maximum Gasteiger partial charge on any atom is 0.327 e. The number of hydrogen-bond acceptors (Lipinski definition) is 4. The van der Waals surface area contributed by atoms with Gasteiger partial charge in [-0.25, -0.2) is 17.5 Å². The van der Waals surface area contributed by atoms with E-state index in [1.165, 1.54) is 12.1 Å². The molecule has 0 aromatic heterocycles. The molecule has 2 aromatic rings. The van der Waals surface area contributed by atoms with Gasteiger partial charge >= 0.3 is 5.97 Å². The highest BCUT2D eigenvalue weighted by Gasteiger charge is 2.44. The molecule has 1 unspecified atom stereocenters. The molecule has 2 aromatic carbocycles. The van der Waals surface area contributed by atoms with Gasteiger partial charge in [-0.2, -0.15) is 0 Å². The molecule has 1 atom stereocenters. The number of carboxylic acid groups (broad SMARTS) is 1. The van der Waals surface area contributed by atoms with Gasteiger partial charge in [0, 0.05) is 6.42 Å². The summed E-state index contributed by atoms with van der Waals surface area (Å²) in [5.41, 5.74) is 0. The van der Waals surface area contributed by atoms with Crippen molar-refractivity contribution < 1.29 is 23.1 Å². The van der Waals surface area contributed by atoms with Crippen molar-refractivity contribution in [3.05, 3.63) is 42.5 Å². The first-order valence-electron chi connectivity index (χ1n) is 6.70. The molecule has 1 saturated heterocycles. The third kappa shape index (κ3) is 2.23. The molecule has 0 saturated carbocycles. The molecule has 6 nitrogen and oxygen atoms in total. The van der Waals surface area contributed by atoms with Crippen LogP contribution in [0.15, 0.2) is 47.4 Å². The minimum absolute atomic E-state index is 0.000970. The van der Waals surface area contributed by atoms with Crippen molar-refractivity contribution in [1.82, 2.24) is 4.31 Å². The Bertz CT molecular complexity index is 874. The Kier molecular flexibility index (Phi) is 3.37. The van der Waals surface area contributed by atoms with Crippen LogP contribution in [0.25, 0.3) is 10.8 Å². The van der Waals surface area contributed by atoms with Crippen LogP contribution in [-0.2, 0) is 19.6 Å². The fraction of sp³-hybridized carbons (Fsp3) is 0.200. The summed E-state index contributed by atoms with van der Waals surface area (Å²) in [5, 5.41) is 10.7. The van der Waals surface area contributed by atoms with Crippen molar-refractivity contribution >= 4 is 32.7 Å². The maximum atomic E-state index is 12.6. The average Bonchev–Trinajstić information content (AvgIpc) is 2.89. The van der Waals surface area contributed by atoms with Gasteiger partial charge in [0.2, 0.25) is 5.91 Å². The van der Waals surface area contributed by atoms with Crippen LogP contribution in [0.3, 0.4) is 0 Å². The first-order valence-corrected chi connectivity index (χ1v) is 8.14. The van der Waals surface area contributed by atoms with E-state index in [1.54, 1.807) is 18.2 Å². The number of fused-ring (bicyclic) bond motifs is 1. The van der Waals surface area contributed by atoms with E-state index in [-0.39, 0.29) is 17.7 Å². The highest BCUT2D eigenvalue weighted by Crippen LogP contribution is 2.29. The smallest absolute Gasteiger partial charge is 0.327 e. The highest BCUT2D eigenvalue weighted by molar-refractivity contribution is 7.89. The number of nitrogens with zero attached hydrogens (tertiary/aromatic N) is 1. The Balaban J connectivity index is 2.11. The molecule has 1 amide bonds. The summed E-state index contributed by atoms with van der Waals surface area (Å²) in [7, 11) is -4.17. The van der Waals surface area contributed by atoms with Crippen molar-refractivity contribution in [2.75, 3.05) is 0 Å². The first kappa shape index (κ1) is 14.5. The quantitative estimate of drug-likeness (QED) is 0.928. The molecular weight excluding hydrogens is 306 g/mol. The molecule has 1 aliphatic rings. The van der Waals surface area contributed by atoms with Crippen molar-refractivity contribution in [3.63, 3.8) is 0 Å². The van der Waals surface area contributed by atoms with Gasteiger partial charge in [0.1, 0.15) is 6.04 Å². The molecule has 7 heteroatoms. The van der Waals surface area contributed by atoms with Crippen LogP contribution in [0, 0.1) is 0 Å². The molecule has 1 fully saturated rings. The second-order valence-corrected chi connectivity index (χ2v) is 6.91. The Morgan fingerprint density at radius 3 is 2.50 bits per heavy atom. The second-order valence-electron chi connectivity index (χ2n) is 5.10. The molecule has 1 heterocycles. The van der Waals surface area contributed by atoms with Crippen molar-refractivity contribution in [1.29, 1.82) is 0 Å². The Labute approximate surface area is 127 Å². The molecule has 1 aliphatic heterocycles. The van der Waals surface area contributed by atoms with E-state index in [0.717, 1.165) is 5.39 Å². The third-order valence-electron chi connectivity index (χ3n) is 3.72. The van der Waals surface area contributed by atoms with Crippen molar-refractivity contribution in [3.8, 4) is 0 Å². The number of sulfonamides is 1. The molecule has 0 spiro atoms. The van der Waals surface area contributed by atoms with E-state index in [0.29, 0.717) is 9.69 Å². The summed E-state index contributed by atoms with van der Waals surface area (Å²) in [6.07, 6.45) is -0.0786. The van der Waals surface area contributed by atoms with Gasteiger partial charge in [0.05, 0.1) is 4.90 Å². The zero-order valence-electron chi connectivity index (χ0n) is 11.5. The van der Waals surface area contributed by atoms with Gasteiger partial charge in [-0.3, -0.25) is 4.79 Å². The van der Waals surface area contributed by atoms with Crippen LogP contribution in [0.2, 0.25) is 0 Å². The van der Waals surface area contributed by atoms with Crippen LogP contribution in [0.5, 0.6) is 0 Å². The average molecular weight is 319 g/mol. The van der Waals surface area contributed by atoms with E-state index in [2.05, 4.69) is 0 Å². The Morgan fingerprint density at radius 1 is 1.14 bits per heavy atom. The van der Waals surface area contributed by atoms with Crippen molar-refractivity contribution in [2.45, 2.75) is 23.8 Å². The summed E-state index contributed by atoms with van der Waals surface area (Å²) in [6, 6.07) is 10.4. The first-order chi connectivity index (χ1) is 10.4. The number of carboxylic acids is 1. The van der Waals surface area contributed by atoms with Crippen LogP contribution in [-0.4, -0.2) is 35.7 Å². The predicted molar refractivity (Wildman–Crippen MR) is 78.6 cm³/mol. The molecule has 0 aliphatic carbocycles. The predicted octanol–water partition coefficient (Wildman–Crippen LogP) is 1.60. The summed E-state index contributed by atoms with van der Waals surface area (Å²) in [6.45, 7) is 0. The topological polar surface area (TPSA) is 91.8 Å². The lowest BCUT2D eigenvalue weighted by molar-refractivity contribution is -0.143. The minimum atomic E-state index is -4.17. The zero-order chi connectivity index (χ0) is 15.9. The van der Waals surface area contributed by atoms with Gasteiger partial charge in [-0.15, -0.1) is 0 Å². The molecule has 1 N–H and O–H groups in total. The van der Waals surface area contributed by atoms with Gasteiger partial charge < -0.3 is 5.11 Å².